The fourth-order valence-electron chi connectivity index (χ4n) is 4.30. The van der Waals surface area contributed by atoms with Crippen molar-refractivity contribution >= 4 is 38.6 Å². The average Bonchev–Trinajstić information content (AvgIpc) is 2.85. The molecule has 4 aromatic carbocycles. The van der Waals surface area contributed by atoms with Crippen LogP contribution in [0.25, 0.3) is 32.8 Å². The van der Waals surface area contributed by atoms with Gasteiger partial charge in [-0.2, -0.15) is 0 Å². The van der Waals surface area contributed by atoms with Crippen molar-refractivity contribution in [2.45, 2.75) is 38.9 Å². The highest BCUT2D eigenvalue weighted by Crippen LogP contribution is 2.43. The number of Topliss-reactive ketones (excluding diaryl/α,β-unsaturated/α-hetero) is 1. The summed E-state index contributed by atoms with van der Waals surface area (Å²) >= 11 is 0. The van der Waals surface area contributed by atoms with E-state index in [4.69, 9.17) is 14.7 Å². The van der Waals surface area contributed by atoms with Crippen LogP contribution in [0, 0.1) is 0 Å². The van der Waals surface area contributed by atoms with Crippen LogP contribution in [-0.4, -0.2) is 32.6 Å². The molecule has 1 aliphatic rings. The summed E-state index contributed by atoms with van der Waals surface area (Å²) in [5.41, 5.74) is 4.50. The highest BCUT2D eigenvalue weighted by Gasteiger charge is 2.38. The van der Waals surface area contributed by atoms with Crippen molar-refractivity contribution in [1.29, 1.82) is 0 Å². The molecule has 1 aromatic heterocycles. The van der Waals surface area contributed by atoms with Crippen molar-refractivity contribution < 1.29 is 14.6 Å². The smallest absolute Gasteiger partial charge is 0.159 e. The molecule has 0 bridgehead atoms. The largest absolute Gasteiger partial charge is 0.484 e. The molecule has 1 unspecified atom stereocenters. The quantitative estimate of drug-likeness (QED) is 0.196. The molecule has 1 atom stereocenters. The Morgan fingerprint density at radius 2 is 1.41 bits per heavy atom. The number of ketones is 1. The second-order valence-corrected chi connectivity index (χ2v) is 9.11. The minimum absolute atomic E-state index is 0.121. The Hall–Kier alpha value is -3.83. The lowest BCUT2D eigenvalue weighted by atomic mass is 9.88. The molecule has 0 spiro atoms. The molecule has 0 amide bonds. The van der Waals surface area contributed by atoms with Crippen LogP contribution >= 0.6 is 0 Å². The van der Waals surface area contributed by atoms with Crippen LogP contribution in [0.4, 0.5) is 0 Å². The fourth-order valence-corrected chi connectivity index (χ4v) is 4.30. The number of fused-ring (bicyclic) bond motifs is 7. The van der Waals surface area contributed by atoms with E-state index in [1.54, 1.807) is 6.92 Å². The molecule has 1 aliphatic heterocycles. The second kappa shape index (κ2) is 8.50. The van der Waals surface area contributed by atoms with Gasteiger partial charge >= 0.3 is 0 Å². The fraction of sp³-hybridized carbons (Fsp3) is 0.207. The van der Waals surface area contributed by atoms with Gasteiger partial charge in [0.15, 0.2) is 5.78 Å². The molecular formula is C29H26N2O3. The maximum atomic E-state index is 10.6. The molecule has 5 heteroatoms. The zero-order chi connectivity index (χ0) is 23.9. The third kappa shape index (κ3) is 3.88. The van der Waals surface area contributed by atoms with Gasteiger partial charge in [0.25, 0.3) is 0 Å². The molecule has 34 heavy (non-hydrogen) atoms. The van der Waals surface area contributed by atoms with Crippen LogP contribution in [0.1, 0.15) is 36.7 Å². The van der Waals surface area contributed by atoms with Gasteiger partial charge in [0.1, 0.15) is 11.4 Å². The SMILES string of the molecule is CC(=O)c1ccccc1.CC1(C)Oc2c(c3nc4ccccc4nc3c3ccccc23)CC1O. The Morgan fingerprint density at radius 1 is 0.853 bits per heavy atom. The van der Waals surface area contributed by atoms with Crippen LogP contribution in [0.3, 0.4) is 0 Å². The van der Waals surface area contributed by atoms with Crippen molar-refractivity contribution in [2.24, 2.45) is 0 Å². The van der Waals surface area contributed by atoms with Gasteiger partial charge in [0.2, 0.25) is 0 Å². The molecule has 1 N–H and O–H groups in total. The number of carbonyl (C=O) groups is 1. The number of aliphatic hydroxyl groups is 1. The van der Waals surface area contributed by atoms with Crippen molar-refractivity contribution in [1.82, 2.24) is 9.97 Å². The van der Waals surface area contributed by atoms with Crippen molar-refractivity contribution in [3.8, 4) is 5.75 Å². The Balaban J connectivity index is 0.000000227. The van der Waals surface area contributed by atoms with Crippen LogP contribution in [0.15, 0.2) is 78.9 Å². The molecule has 0 saturated carbocycles. The first-order valence-electron chi connectivity index (χ1n) is 11.4. The highest BCUT2D eigenvalue weighted by atomic mass is 16.5. The van der Waals surface area contributed by atoms with E-state index in [9.17, 15) is 9.90 Å². The maximum Gasteiger partial charge on any atom is 0.159 e. The Labute approximate surface area is 198 Å². The third-order valence-electron chi connectivity index (χ3n) is 6.30. The van der Waals surface area contributed by atoms with E-state index in [-0.39, 0.29) is 5.78 Å². The van der Waals surface area contributed by atoms with E-state index in [2.05, 4.69) is 12.1 Å². The molecule has 0 fully saturated rings. The number of carbonyl (C=O) groups excluding carboxylic acids is 1. The van der Waals surface area contributed by atoms with Crippen LogP contribution in [-0.2, 0) is 6.42 Å². The predicted molar refractivity (Wildman–Crippen MR) is 135 cm³/mol. The van der Waals surface area contributed by atoms with Gasteiger partial charge in [0, 0.05) is 28.3 Å². The standard InChI is InChI=1S/C21H18N2O2.C8H8O/c1-21(2)17(24)11-14-19-18(22-15-9-5-6-10-16(15)23-19)12-7-3-4-8-13(12)20(14)25-21;1-7(9)8-5-3-2-4-6-8/h3-10,17,24H,11H2,1-2H3;2-6H,1H3. The van der Waals surface area contributed by atoms with Gasteiger partial charge < -0.3 is 9.84 Å². The molecular weight excluding hydrogens is 424 g/mol. The van der Waals surface area contributed by atoms with Crippen LogP contribution < -0.4 is 4.74 Å². The highest BCUT2D eigenvalue weighted by molar-refractivity contribution is 6.10. The number of hydrogen-bond donors (Lipinski definition) is 1. The van der Waals surface area contributed by atoms with E-state index in [0.29, 0.717) is 6.42 Å². The zero-order valence-electron chi connectivity index (χ0n) is 19.4. The first-order chi connectivity index (χ1) is 16.3. The number of benzene rings is 4. The molecule has 0 aliphatic carbocycles. The molecule has 5 nitrogen and oxygen atoms in total. The summed E-state index contributed by atoms with van der Waals surface area (Å²) in [7, 11) is 0. The Morgan fingerprint density at radius 3 is 2.03 bits per heavy atom. The molecule has 170 valence electrons. The Kier molecular flexibility index (Phi) is 5.50. The minimum atomic E-state index is -0.631. The molecule has 6 rings (SSSR count). The van der Waals surface area contributed by atoms with Gasteiger partial charge in [-0.25, -0.2) is 9.97 Å². The zero-order valence-corrected chi connectivity index (χ0v) is 19.4. The summed E-state index contributed by atoms with van der Waals surface area (Å²) in [6, 6.07) is 25.2. The Bertz CT molecular complexity index is 1530. The molecule has 0 saturated heterocycles. The van der Waals surface area contributed by atoms with E-state index in [1.165, 1.54) is 0 Å². The van der Waals surface area contributed by atoms with Crippen molar-refractivity contribution in [3.05, 3.63) is 90.0 Å². The number of hydrogen-bond acceptors (Lipinski definition) is 5. The third-order valence-corrected chi connectivity index (χ3v) is 6.30. The van der Waals surface area contributed by atoms with Gasteiger partial charge in [-0.05, 0) is 32.9 Å². The first-order valence-corrected chi connectivity index (χ1v) is 11.4. The lowest BCUT2D eigenvalue weighted by Gasteiger charge is -2.38. The van der Waals surface area contributed by atoms with E-state index in [1.807, 2.05) is 80.6 Å². The van der Waals surface area contributed by atoms with Crippen molar-refractivity contribution in [3.63, 3.8) is 0 Å². The second-order valence-electron chi connectivity index (χ2n) is 9.11. The topological polar surface area (TPSA) is 72.3 Å². The summed E-state index contributed by atoms with van der Waals surface area (Å²) in [5, 5.41) is 12.6. The number of aliphatic hydroxyl groups excluding tert-OH is 1. The van der Waals surface area contributed by atoms with Crippen LogP contribution in [0.2, 0.25) is 0 Å². The molecule has 0 radical (unpaired) electrons. The summed E-state index contributed by atoms with van der Waals surface area (Å²) < 4.78 is 6.25. The van der Waals surface area contributed by atoms with E-state index >= 15 is 0 Å². The lowest BCUT2D eigenvalue weighted by Crippen LogP contribution is -2.46. The summed E-state index contributed by atoms with van der Waals surface area (Å²) in [4.78, 5) is 20.4. The number of nitrogens with zero attached hydrogens (tertiary/aromatic N) is 2. The van der Waals surface area contributed by atoms with Gasteiger partial charge in [-0.15, -0.1) is 0 Å². The molecule has 5 aromatic rings. The number of ether oxygens (including phenoxy) is 1. The first kappa shape index (κ1) is 22.0. The average molecular weight is 451 g/mol. The maximum absolute atomic E-state index is 10.6. The van der Waals surface area contributed by atoms with Crippen LogP contribution in [0.5, 0.6) is 5.75 Å². The van der Waals surface area contributed by atoms with Gasteiger partial charge in [-0.3, -0.25) is 4.79 Å². The van der Waals surface area contributed by atoms with Gasteiger partial charge in [-0.1, -0.05) is 66.7 Å². The van der Waals surface area contributed by atoms with E-state index < -0.39 is 11.7 Å². The summed E-state index contributed by atoms with van der Waals surface area (Å²) in [6.45, 7) is 5.41. The lowest BCUT2D eigenvalue weighted by molar-refractivity contribution is -0.0396. The predicted octanol–water partition coefficient (Wildman–Crippen LogP) is 5.90. The van der Waals surface area contributed by atoms with E-state index in [0.717, 1.165) is 49.7 Å². The summed E-state index contributed by atoms with van der Waals surface area (Å²) in [5.74, 6) is 0.943. The number of rotatable bonds is 1. The number of aromatic nitrogens is 2. The van der Waals surface area contributed by atoms with Gasteiger partial charge in [0.05, 0.1) is 28.2 Å². The monoisotopic (exact) mass is 450 g/mol. The van der Waals surface area contributed by atoms with Crippen molar-refractivity contribution in [2.75, 3.05) is 0 Å². The number of para-hydroxylation sites is 2. The summed E-state index contributed by atoms with van der Waals surface area (Å²) in [6.07, 6.45) is -0.0749. The molecule has 2 heterocycles. The minimum Gasteiger partial charge on any atom is -0.484 e. The normalized spacial score (nSPS) is 16.4.